The number of alkyl halides is 1. The summed E-state index contributed by atoms with van der Waals surface area (Å²) in [5, 5.41) is 0.198. The van der Waals surface area contributed by atoms with Gasteiger partial charge in [0, 0.05) is 12.0 Å². The van der Waals surface area contributed by atoms with Crippen molar-refractivity contribution in [2.24, 2.45) is 0 Å². The second-order valence-corrected chi connectivity index (χ2v) is 5.10. The maximum Gasteiger partial charge on any atom is 0.316 e. The maximum atomic E-state index is 11.2. The topological polar surface area (TPSA) is 35.5 Å². The molecule has 3 nitrogen and oxygen atoms in total. The highest BCUT2D eigenvalue weighted by Crippen LogP contribution is 2.26. The zero-order chi connectivity index (χ0) is 12.7. The number of carbonyl (C=O) groups excluding carboxylic acids is 1. The number of methoxy groups -OCH3 is 1. The second kappa shape index (κ2) is 7.74. The molecule has 0 unspecified atom stereocenters. The van der Waals surface area contributed by atoms with Crippen LogP contribution in [-0.2, 0) is 14.3 Å². The molecular weight excluding hydrogens is 304 g/mol. The van der Waals surface area contributed by atoms with Gasteiger partial charge in [0.15, 0.2) is 0 Å². The van der Waals surface area contributed by atoms with Crippen LogP contribution in [0.25, 0.3) is 0 Å². The lowest BCUT2D eigenvalue weighted by Crippen LogP contribution is -2.28. The molecule has 1 rings (SSSR count). The van der Waals surface area contributed by atoms with Crippen molar-refractivity contribution in [2.75, 3.05) is 12.4 Å². The van der Waals surface area contributed by atoms with Gasteiger partial charge < -0.3 is 9.47 Å². The van der Waals surface area contributed by atoms with Crippen LogP contribution in [0.1, 0.15) is 6.92 Å². The molecule has 0 aliphatic rings. The number of hydrogen-bond donors (Lipinski definition) is 0. The summed E-state index contributed by atoms with van der Waals surface area (Å²) in [4.78, 5) is 12.2. The minimum absolute atomic E-state index is 0.198. The summed E-state index contributed by atoms with van der Waals surface area (Å²) in [6, 6.07) is 9.88. The summed E-state index contributed by atoms with van der Waals surface area (Å²) < 4.78 is 10.5. The Hall–Kier alpha value is -0.520. The number of halogens is 1. The number of benzene rings is 1. The fourth-order valence-corrected chi connectivity index (χ4v) is 2.32. The summed E-state index contributed by atoms with van der Waals surface area (Å²) >= 11 is 4.59. The van der Waals surface area contributed by atoms with E-state index in [1.165, 1.54) is 11.8 Å². The SMILES string of the molecule is CO[C@H](Sc1ccccc1)[C@@H](C)OC(=O)CBr. The molecule has 0 saturated heterocycles. The van der Waals surface area contributed by atoms with Gasteiger partial charge in [0.25, 0.3) is 0 Å². The Kier molecular flexibility index (Phi) is 6.62. The largest absolute Gasteiger partial charge is 0.458 e. The van der Waals surface area contributed by atoms with Crippen molar-refractivity contribution in [3.05, 3.63) is 30.3 Å². The Morgan fingerprint density at radius 1 is 1.41 bits per heavy atom. The molecule has 0 amide bonds. The Bertz CT molecular complexity index is 345. The quantitative estimate of drug-likeness (QED) is 0.349. The average molecular weight is 319 g/mol. The van der Waals surface area contributed by atoms with E-state index in [0.717, 1.165) is 4.90 Å². The molecule has 2 atom stereocenters. The van der Waals surface area contributed by atoms with Crippen LogP contribution in [0.5, 0.6) is 0 Å². The molecular formula is C12H15BrO3S. The van der Waals surface area contributed by atoms with Gasteiger partial charge in [-0.3, -0.25) is 4.79 Å². The first kappa shape index (κ1) is 14.5. The van der Waals surface area contributed by atoms with Gasteiger partial charge in [-0.05, 0) is 19.1 Å². The van der Waals surface area contributed by atoms with E-state index >= 15 is 0 Å². The lowest BCUT2D eigenvalue weighted by molar-refractivity contribution is -0.148. The van der Waals surface area contributed by atoms with Crippen LogP contribution in [0.2, 0.25) is 0 Å². The van der Waals surface area contributed by atoms with E-state index in [1.54, 1.807) is 7.11 Å². The summed E-state index contributed by atoms with van der Waals surface area (Å²) in [7, 11) is 1.61. The van der Waals surface area contributed by atoms with Gasteiger partial charge in [-0.15, -0.1) is 0 Å². The van der Waals surface area contributed by atoms with Crippen molar-refractivity contribution in [2.45, 2.75) is 23.4 Å². The van der Waals surface area contributed by atoms with Crippen LogP contribution in [0.15, 0.2) is 35.2 Å². The van der Waals surface area contributed by atoms with Crippen molar-refractivity contribution < 1.29 is 14.3 Å². The van der Waals surface area contributed by atoms with E-state index in [0.29, 0.717) is 0 Å². The van der Waals surface area contributed by atoms with Gasteiger partial charge >= 0.3 is 5.97 Å². The molecule has 0 fully saturated rings. The first-order valence-electron chi connectivity index (χ1n) is 5.17. The lowest BCUT2D eigenvalue weighted by atomic mass is 10.4. The maximum absolute atomic E-state index is 11.2. The van der Waals surface area contributed by atoms with E-state index in [4.69, 9.17) is 9.47 Å². The molecule has 0 saturated carbocycles. The third-order valence-electron chi connectivity index (χ3n) is 2.04. The molecule has 5 heteroatoms. The fourth-order valence-electron chi connectivity index (χ4n) is 1.26. The van der Waals surface area contributed by atoms with Crippen molar-refractivity contribution in [1.29, 1.82) is 0 Å². The predicted molar refractivity (Wildman–Crippen MR) is 72.4 cm³/mol. The lowest BCUT2D eigenvalue weighted by Gasteiger charge is -2.21. The molecule has 0 N–H and O–H groups in total. The van der Waals surface area contributed by atoms with Crippen molar-refractivity contribution >= 4 is 33.7 Å². The van der Waals surface area contributed by atoms with E-state index in [2.05, 4.69) is 15.9 Å². The van der Waals surface area contributed by atoms with Crippen LogP contribution in [-0.4, -0.2) is 29.9 Å². The zero-order valence-electron chi connectivity index (χ0n) is 9.76. The normalized spacial score (nSPS) is 14.1. The van der Waals surface area contributed by atoms with Crippen LogP contribution in [0.3, 0.4) is 0 Å². The molecule has 94 valence electrons. The minimum Gasteiger partial charge on any atom is -0.458 e. The number of ether oxygens (including phenoxy) is 2. The van der Waals surface area contributed by atoms with Crippen LogP contribution in [0.4, 0.5) is 0 Å². The predicted octanol–water partition coefficient (Wildman–Crippen LogP) is 3.08. The highest BCUT2D eigenvalue weighted by Gasteiger charge is 2.21. The van der Waals surface area contributed by atoms with Gasteiger partial charge in [0.2, 0.25) is 0 Å². The summed E-state index contributed by atoms with van der Waals surface area (Å²) in [5.41, 5.74) is -0.208. The van der Waals surface area contributed by atoms with E-state index in [9.17, 15) is 4.79 Å². The summed E-state index contributed by atoms with van der Waals surface area (Å²) in [6.07, 6.45) is -0.296. The van der Waals surface area contributed by atoms with E-state index in [1.807, 2.05) is 37.3 Å². The standard InChI is InChI=1S/C12H15BrO3S/c1-9(16-11(14)8-13)12(15-2)17-10-6-4-3-5-7-10/h3-7,9,12H,8H2,1-2H3/t9-,12-/m1/s1. The van der Waals surface area contributed by atoms with Crippen LogP contribution < -0.4 is 0 Å². The number of rotatable bonds is 6. The molecule has 0 aliphatic heterocycles. The van der Waals surface area contributed by atoms with Crippen LogP contribution in [0, 0.1) is 0 Å². The molecule has 0 bridgehead atoms. The molecule has 1 aromatic carbocycles. The molecule has 0 spiro atoms. The Morgan fingerprint density at radius 2 is 2.06 bits per heavy atom. The Labute approximate surface area is 114 Å². The average Bonchev–Trinajstić information content (AvgIpc) is 2.36. The zero-order valence-corrected chi connectivity index (χ0v) is 12.2. The molecule has 0 aromatic heterocycles. The van der Waals surface area contributed by atoms with E-state index < -0.39 is 0 Å². The van der Waals surface area contributed by atoms with Crippen molar-refractivity contribution in [1.82, 2.24) is 0 Å². The Balaban J connectivity index is 2.56. The number of carbonyl (C=O) groups is 1. The monoisotopic (exact) mass is 318 g/mol. The third-order valence-corrected chi connectivity index (χ3v) is 3.85. The molecule has 0 heterocycles. The van der Waals surface area contributed by atoms with Gasteiger partial charge in [0.05, 0.1) is 0 Å². The Morgan fingerprint density at radius 3 is 2.59 bits per heavy atom. The van der Waals surface area contributed by atoms with Gasteiger partial charge in [0.1, 0.15) is 16.9 Å². The molecule has 17 heavy (non-hydrogen) atoms. The third kappa shape index (κ3) is 5.10. The van der Waals surface area contributed by atoms with Crippen molar-refractivity contribution in [3.8, 4) is 0 Å². The smallest absolute Gasteiger partial charge is 0.316 e. The number of thioether (sulfide) groups is 1. The van der Waals surface area contributed by atoms with Crippen LogP contribution >= 0.6 is 27.7 Å². The van der Waals surface area contributed by atoms with E-state index in [-0.39, 0.29) is 22.8 Å². The number of hydrogen-bond acceptors (Lipinski definition) is 4. The summed E-state index contributed by atoms with van der Waals surface area (Å²) in [6.45, 7) is 1.82. The second-order valence-electron chi connectivity index (χ2n) is 3.36. The number of esters is 1. The van der Waals surface area contributed by atoms with Gasteiger partial charge in [-0.25, -0.2) is 0 Å². The molecule has 0 aliphatic carbocycles. The highest BCUT2D eigenvalue weighted by atomic mass is 79.9. The minimum atomic E-state index is -0.296. The van der Waals surface area contributed by atoms with Gasteiger partial charge in [-0.2, -0.15) is 0 Å². The first-order valence-corrected chi connectivity index (χ1v) is 7.17. The fraction of sp³-hybridized carbons (Fsp3) is 0.417. The van der Waals surface area contributed by atoms with Gasteiger partial charge in [-0.1, -0.05) is 45.9 Å². The molecule has 0 radical (unpaired) electrons. The first-order chi connectivity index (χ1) is 8.17. The van der Waals surface area contributed by atoms with Crippen molar-refractivity contribution in [3.63, 3.8) is 0 Å². The molecule has 1 aromatic rings. The highest BCUT2D eigenvalue weighted by molar-refractivity contribution is 9.09. The summed E-state index contributed by atoms with van der Waals surface area (Å²) in [5.74, 6) is -0.284.